The van der Waals surface area contributed by atoms with Crippen molar-refractivity contribution >= 4 is 53.3 Å². The highest BCUT2D eigenvalue weighted by Gasteiger charge is 2.38. The fourth-order valence-electron chi connectivity index (χ4n) is 4.47. The number of nitrogens with one attached hydrogen (secondary N) is 2. The number of rotatable bonds is 4. The maximum absolute atomic E-state index is 13.0. The van der Waals surface area contributed by atoms with Crippen molar-refractivity contribution in [3.8, 4) is 0 Å². The number of halogens is 2. The molecule has 0 radical (unpaired) electrons. The van der Waals surface area contributed by atoms with Crippen molar-refractivity contribution in [2.75, 3.05) is 10.0 Å². The van der Waals surface area contributed by atoms with Gasteiger partial charge < -0.3 is 5.32 Å². The molecular weight excluding hydrogens is 540 g/mol. The molecule has 5 rings (SSSR count). The van der Waals surface area contributed by atoms with E-state index >= 15 is 0 Å². The largest absolute Gasteiger partial charge is 0.378 e. The first-order valence-corrected chi connectivity index (χ1v) is 13.1. The van der Waals surface area contributed by atoms with Gasteiger partial charge in [0.2, 0.25) is 0 Å². The Labute approximate surface area is 199 Å². The molecule has 0 spiro atoms. The van der Waals surface area contributed by atoms with Crippen LogP contribution in [-0.4, -0.2) is 8.42 Å². The molecule has 2 aliphatic rings. The number of fused-ring (bicyclic) bond motifs is 3. The normalized spacial score (nSPS) is 21.8. The van der Waals surface area contributed by atoms with Gasteiger partial charge in [-0.2, -0.15) is 0 Å². The van der Waals surface area contributed by atoms with Crippen LogP contribution in [0.1, 0.15) is 29.5 Å². The van der Waals surface area contributed by atoms with Gasteiger partial charge in [-0.1, -0.05) is 56.1 Å². The Morgan fingerprint density at radius 3 is 2.29 bits per heavy atom. The highest BCUT2D eigenvalue weighted by molar-refractivity contribution is 9.10. The van der Waals surface area contributed by atoms with Crippen LogP contribution in [0.2, 0.25) is 0 Å². The molecule has 0 aromatic heterocycles. The summed E-state index contributed by atoms with van der Waals surface area (Å²) in [5.74, 6) is 0.541. The van der Waals surface area contributed by atoms with E-state index in [0.29, 0.717) is 11.6 Å². The van der Waals surface area contributed by atoms with E-state index in [2.05, 4.69) is 78.3 Å². The van der Waals surface area contributed by atoms with Crippen molar-refractivity contribution in [1.29, 1.82) is 0 Å². The third-order valence-corrected chi connectivity index (χ3v) is 8.41. The molecule has 0 unspecified atom stereocenters. The SMILES string of the molecule is O=S(=O)(Nc1ccc(Br)cc1)c1ccc2c(c1)[C@H]1C=CC[C@H]1[C@@H](c1ccc(Br)cc1)N2. The van der Waals surface area contributed by atoms with Crippen LogP contribution in [0, 0.1) is 5.92 Å². The average Bonchev–Trinajstić information content (AvgIpc) is 3.25. The lowest BCUT2D eigenvalue weighted by Gasteiger charge is -2.37. The molecule has 3 atom stereocenters. The van der Waals surface area contributed by atoms with Gasteiger partial charge in [-0.3, -0.25) is 4.72 Å². The second-order valence-corrected chi connectivity index (χ2v) is 11.4. The summed E-state index contributed by atoms with van der Waals surface area (Å²) >= 11 is 6.88. The van der Waals surface area contributed by atoms with Crippen LogP contribution in [0.4, 0.5) is 11.4 Å². The van der Waals surface area contributed by atoms with E-state index in [-0.39, 0.29) is 16.9 Å². The van der Waals surface area contributed by atoms with E-state index in [0.717, 1.165) is 26.6 Å². The molecule has 2 N–H and O–H groups in total. The molecule has 0 bridgehead atoms. The van der Waals surface area contributed by atoms with Gasteiger partial charge in [-0.15, -0.1) is 0 Å². The fourth-order valence-corrected chi connectivity index (χ4v) is 6.09. The Balaban J connectivity index is 1.48. The summed E-state index contributed by atoms with van der Waals surface area (Å²) in [7, 11) is -3.68. The molecule has 31 heavy (non-hydrogen) atoms. The molecule has 158 valence electrons. The zero-order valence-corrected chi connectivity index (χ0v) is 20.4. The second-order valence-electron chi connectivity index (χ2n) is 7.89. The van der Waals surface area contributed by atoms with Crippen molar-refractivity contribution in [3.05, 3.63) is 99.0 Å². The van der Waals surface area contributed by atoms with Crippen LogP contribution in [0.25, 0.3) is 0 Å². The molecule has 1 aliphatic carbocycles. The molecule has 3 aromatic rings. The minimum absolute atomic E-state index is 0.184. The van der Waals surface area contributed by atoms with Gasteiger partial charge in [0.25, 0.3) is 10.0 Å². The minimum Gasteiger partial charge on any atom is -0.378 e. The van der Waals surface area contributed by atoms with Crippen LogP contribution in [0.3, 0.4) is 0 Å². The Kier molecular flexibility index (Phi) is 5.44. The Morgan fingerprint density at radius 2 is 1.58 bits per heavy atom. The average molecular weight is 560 g/mol. The molecule has 3 aromatic carbocycles. The standard InChI is InChI=1S/C24H20Br2N2O2S/c25-16-6-4-15(5-7-16)24-21-3-1-2-20(21)22-14-19(12-13-23(22)27-24)31(29,30)28-18-10-8-17(26)9-11-18/h1-2,4-14,20-21,24,27-28H,3H2/t20-,21+,24+/m0/s1. The highest BCUT2D eigenvalue weighted by atomic mass is 79.9. The number of hydrogen-bond acceptors (Lipinski definition) is 3. The van der Waals surface area contributed by atoms with E-state index in [9.17, 15) is 8.42 Å². The molecule has 0 amide bonds. The maximum atomic E-state index is 13.0. The summed E-state index contributed by atoms with van der Waals surface area (Å²) < 4.78 is 30.7. The quantitative estimate of drug-likeness (QED) is 0.344. The van der Waals surface area contributed by atoms with Gasteiger partial charge in [0.1, 0.15) is 0 Å². The summed E-state index contributed by atoms with van der Waals surface area (Å²) in [6.07, 6.45) is 5.39. The number of allylic oxidation sites excluding steroid dienone is 2. The molecule has 7 heteroatoms. The van der Waals surface area contributed by atoms with Gasteiger partial charge in [0, 0.05) is 26.2 Å². The zero-order valence-electron chi connectivity index (χ0n) is 16.4. The first kappa shape index (κ1) is 20.8. The number of anilines is 2. The first-order valence-electron chi connectivity index (χ1n) is 10.0. The number of hydrogen-bond donors (Lipinski definition) is 2. The van der Waals surface area contributed by atoms with Crippen molar-refractivity contribution in [3.63, 3.8) is 0 Å². The predicted molar refractivity (Wildman–Crippen MR) is 132 cm³/mol. The third kappa shape index (κ3) is 4.06. The molecule has 4 nitrogen and oxygen atoms in total. The van der Waals surface area contributed by atoms with E-state index in [4.69, 9.17) is 0 Å². The van der Waals surface area contributed by atoms with Gasteiger partial charge in [0.05, 0.1) is 10.9 Å². The van der Waals surface area contributed by atoms with Crippen LogP contribution < -0.4 is 10.0 Å². The molecule has 0 fully saturated rings. The topological polar surface area (TPSA) is 58.2 Å². The lowest BCUT2D eigenvalue weighted by atomic mass is 9.77. The summed E-state index contributed by atoms with van der Waals surface area (Å²) in [6.45, 7) is 0. The zero-order chi connectivity index (χ0) is 21.6. The lowest BCUT2D eigenvalue weighted by Crippen LogP contribution is -2.29. The monoisotopic (exact) mass is 558 g/mol. The van der Waals surface area contributed by atoms with E-state index < -0.39 is 10.0 Å². The molecule has 1 aliphatic heterocycles. The molecule has 0 saturated heterocycles. The van der Waals surface area contributed by atoms with Crippen LogP contribution >= 0.6 is 31.9 Å². The predicted octanol–water partition coefficient (Wildman–Crippen LogP) is 6.84. The summed E-state index contributed by atoms with van der Waals surface area (Å²) in [4.78, 5) is 0.275. The van der Waals surface area contributed by atoms with Crippen LogP contribution in [-0.2, 0) is 10.0 Å². The molecule has 0 saturated carbocycles. The van der Waals surface area contributed by atoms with Crippen molar-refractivity contribution in [1.82, 2.24) is 0 Å². The van der Waals surface area contributed by atoms with Crippen LogP contribution in [0.5, 0.6) is 0 Å². The van der Waals surface area contributed by atoms with Crippen LogP contribution in [0.15, 0.2) is 92.7 Å². The Morgan fingerprint density at radius 1 is 0.903 bits per heavy atom. The summed E-state index contributed by atoms with van der Waals surface area (Å²) in [5, 5.41) is 3.66. The molecular formula is C24H20Br2N2O2S. The summed E-state index contributed by atoms with van der Waals surface area (Å²) in [6, 6.07) is 21.1. The van der Waals surface area contributed by atoms with Gasteiger partial charge >= 0.3 is 0 Å². The van der Waals surface area contributed by atoms with E-state index in [1.807, 2.05) is 24.3 Å². The highest BCUT2D eigenvalue weighted by Crippen LogP contribution is 2.50. The number of benzene rings is 3. The number of sulfonamides is 1. The second kappa shape index (κ2) is 8.11. The lowest BCUT2D eigenvalue weighted by molar-refractivity contribution is 0.425. The van der Waals surface area contributed by atoms with Crippen molar-refractivity contribution in [2.45, 2.75) is 23.3 Å². The van der Waals surface area contributed by atoms with Gasteiger partial charge in [-0.05, 0) is 78.1 Å². The third-order valence-electron chi connectivity index (χ3n) is 5.97. The van der Waals surface area contributed by atoms with Gasteiger partial charge in [-0.25, -0.2) is 8.42 Å². The summed E-state index contributed by atoms with van der Waals surface area (Å²) in [5.41, 5.74) is 3.79. The maximum Gasteiger partial charge on any atom is 0.261 e. The Hall–Kier alpha value is -2.09. The molecule has 1 heterocycles. The van der Waals surface area contributed by atoms with Gasteiger partial charge in [0.15, 0.2) is 0 Å². The first-order chi connectivity index (χ1) is 14.9. The Bertz CT molecular complexity index is 1260. The smallest absolute Gasteiger partial charge is 0.261 e. The van der Waals surface area contributed by atoms with E-state index in [1.54, 1.807) is 18.2 Å². The van der Waals surface area contributed by atoms with Crippen molar-refractivity contribution in [2.24, 2.45) is 5.92 Å². The minimum atomic E-state index is -3.68. The van der Waals surface area contributed by atoms with Crippen molar-refractivity contribution < 1.29 is 8.42 Å². The fraction of sp³-hybridized carbons (Fsp3) is 0.167. The van der Waals surface area contributed by atoms with E-state index in [1.165, 1.54) is 5.56 Å².